The standard InChI is InChI=1S/C44H81NO6Si3/c1-42(2,3)52(10,11)49-35(28-27-34-23-19-18-20-24-34)29-30-37-36(25-21-16-17-22-26-40(46)45-32-31-41(47)48)38(50-53(12,13)43(4,5)6)33-39(37)51-54(14,15)44(7,8)9/h16,18-21,23-24,35-39H,17,22,25-33H2,1-15H3,(H,45,46)(H,47,48)/b21-16-/t35-,36-,37-,38?,39?/m1/s1. The monoisotopic (exact) mass is 804 g/mol. The highest BCUT2D eigenvalue weighted by molar-refractivity contribution is 6.75. The molecule has 0 spiro atoms. The number of carbonyl (C=O) groups excluding carboxylic acids is 1. The van der Waals surface area contributed by atoms with Crippen molar-refractivity contribution in [3.05, 3.63) is 48.0 Å². The number of amides is 1. The number of carbonyl (C=O) groups is 2. The molecular formula is C44H81NO6Si3. The second-order valence-corrected chi connectivity index (χ2v) is 34.9. The lowest BCUT2D eigenvalue weighted by Crippen LogP contribution is -2.45. The molecule has 0 aromatic heterocycles. The first-order valence-corrected chi connectivity index (χ1v) is 29.6. The fourth-order valence-electron chi connectivity index (χ4n) is 6.59. The zero-order chi connectivity index (χ0) is 41.2. The van der Waals surface area contributed by atoms with Crippen molar-refractivity contribution in [3.63, 3.8) is 0 Å². The van der Waals surface area contributed by atoms with E-state index < -0.39 is 30.9 Å². The van der Waals surface area contributed by atoms with Crippen molar-refractivity contribution >= 4 is 36.8 Å². The maximum absolute atomic E-state index is 12.2. The number of nitrogens with one attached hydrogen (secondary N) is 1. The van der Waals surface area contributed by atoms with E-state index in [0.717, 1.165) is 51.4 Å². The summed E-state index contributed by atoms with van der Waals surface area (Å²) in [5.41, 5.74) is 1.37. The quantitative estimate of drug-likeness (QED) is 0.0730. The second-order valence-electron chi connectivity index (χ2n) is 20.6. The van der Waals surface area contributed by atoms with Gasteiger partial charge in [0, 0.05) is 19.1 Å². The minimum Gasteiger partial charge on any atom is -0.481 e. The van der Waals surface area contributed by atoms with E-state index in [0.29, 0.717) is 18.3 Å². The molecule has 7 nitrogen and oxygen atoms in total. The number of allylic oxidation sites excluding steroid dienone is 2. The molecule has 2 unspecified atom stereocenters. The van der Waals surface area contributed by atoms with Gasteiger partial charge in [0.15, 0.2) is 25.0 Å². The first-order chi connectivity index (χ1) is 24.7. The van der Waals surface area contributed by atoms with Crippen LogP contribution in [-0.2, 0) is 29.3 Å². The van der Waals surface area contributed by atoms with E-state index in [-0.39, 0.29) is 52.3 Å². The predicted octanol–water partition coefficient (Wildman–Crippen LogP) is 11.9. The van der Waals surface area contributed by atoms with Crippen LogP contribution < -0.4 is 5.32 Å². The lowest BCUT2D eigenvalue weighted by Gasteiger charge is -2.41. The van der Waals surface area contributed by atoms with Crippen molar-refractivity contribution in [2.75, 3.05) is 6.54 Å². The molecule has 1 saturated carbocycles. The molecule has 0 radical (unpaired) electrons. The van der Waals surface area contributed by atoms with Crippen LogP contribution in [-0.4, -0.2) is 66.8 Å². The lowest BCUT2D eigenvalue weighted by molar-refractivity contribution is -0.136. The van der Waals surface area contributed by atoms with Gasteiger partial charge in [-0.25, -0.2) is 0 Å². The third kappa shape index (κ3) is 15.4. The number of carboxylic acid groups (broad SMARTS) is 1. The van der Waals surface area contributed by atoms with Gasteiger partial charge in [0.2, 0.25) is 5.91 Å². The molecule has 0 bridgehead atoms. The van der Waals surface area contributed by atoms with Crippen molar-refractivity contribution in [2.45, 2.75) is 199 Å². The second kappa shape index (κ2) is 20.2. The molecule has 310 valence electrons. The Bertz CT molecular complexity index is 1330. The van der Waals surface area contributed by atoms with Gasteiger partial charge in [-0.05, 0) is 123 Å². The molecule has 1 fully saturated rings. The van der Waals surface area contributed by atoms with Gasteiger partial charge in [-0.2, -0.15) is 0 Å². The van der Waals surface area contributed by atoms with Crippen LogP contribution in [0.1, 0.15) is 126 Å². The summed E-state index contributed by atoms with van der Waals surface area (Å²) in [5.74, 6) is -0.314. The Morgan fingerprint density at radius 3 is 1.83 bits per heavy atom. The molecule has 1 amide bonds. The molecule has 1 aliphatic carbocycles. The van der Waals surface area contributed by atoms with E-state index in [1.165, 1.54) is 5.56 Å². The molecule has 0 aliphatic heterocycles. The van der Waals surface area contributed by atoms with Crippen molar-refractivity contribution in [1.82, 2.24) is 5.32 Å². The molecule has 1 aliphatic rings. The average Bonchev–Trinajstić information content (AvgIpc) is 3.32. The third-order valence-corrected chi connectivity index (χ3v) is 26.7. The largest absolute Gasteiger partial charge is 0.481 e. The van der Waals surface area contributed by atoms with E-state index in [2.05, 4.69) is 149 Å². The van der Waals surface area contributed by atoms with Crippen LogP contribution in [0.15, 0.2) is 42.5 Å². The smallest absolute Gasteiger partial charge is 0.305 e. The Kier molecular flexibility index (Phi) is 18.2. The van der Waals surface area contributed by atoms with Crippen molar-refractivity contribution in [3.8, 4) is 0 Å². The first kappa shape index (κ1) is 48.6. The molecule has 2 rings (SSSR count). The fourth-order valence-corrected chi connectivity index (χ4v) is 10.8. The SMILES string of the molecule is CC(C)(C)[Si](C)(C)OC1CC(O[Si](C)(C)C(C)(C)C)[C@H](CC[C@@H](CCc2ccccc2)O[Si](C)(C)C(C)(C)C)[C@H]1C/C=C\CCCC(=O)NCCC(=O)O. The molecule has 54 heavy (non-hydrogen) atoms. The maximum atomic E-state index is 12.2. The summed E-state index contributed by atoms with van der Waals surface area (Å²) in [5, 5.41) is 11.9. The molecule has 1 aromatic carbocycles. The van der Waals surface area contributed by atoms with E-state index in [1.807, 2.05) is 0 Å². The third-order valence-electron chi connectivity index (χ3n) is 13.2. The van der Waals surface area contributed by atoms with Gasteiger partial charge < -0.3 is 23.7 Å². The summed E-state index contributed by atoms with van der Waals surface area (Å²) in [6.45, 7) is 35.5. The molecular weight excluding hydrogens is 723 g/mol. The van der Waals surface area contributed by atoms with Crippen molar-refractivity contribution < 1.29 is 28.0 Å². The number of aryl methyl sites for hydroxylation is 1. The van der Waals surface area contributed by atoms with Crippen LogP contribution in [0.3, 0.4) is 0 Å². The molecule has 0 saturated heterocycles. The molecule has 2 N–H and O–H groups in total. The van der Waals surface area contributed by atoms with Crippen molar-refractivity contribution in [1.29, 1.82) is 0 Å². The van der Waals surface area contributed by atoms with Gasteiger partial charge in [-0.15, -0.1) is 0 Å². The number of aliphatic carboxylic acids is 1. The Morgan fingerprint density at radius 2 is 1.31 bits per heavy atom. The van der Waals surface area contributed by atoms with E-state index >= 15 is 0 Å². The average molecular weight is 804 g/mol. The number of rotatable bonds is 21. The Balaban J connectivity index is 2.42. The van der Waals surface area contributed by atoms with E-state index in [9.17, 15) is 9.59 Å². The minimum absolute atomic E-state index is 0.0529. The number of hydrogen-bond donors (Lipinski definition) is 2. The van der Waals surface area contributed by atoms with Crippen LogP contribution in [0, 0.1) is 11.8 Å². The summed E-state index contributed by atoms with van der Waals surface area (Å²) < 4.78 is 22.0. The van der Waals surface area contributed by atoms with Crippen LogP contribution in [0.2, 0.25) is 54.4 Å². The lowest BCUT2D eigenvalue weighted by atomic mass is 9.85. The Hall–Kier alpha value is -1.57. The highest BCUT2D eigenvalue weighted by Gasteiger charge is 2.51. The summed E-state index contributed by atoms with van der Waals surface area (Å²) >= 11 is 0. The number of benzene rings is 1. The normalized spacial score (nSPS) is 21.1. The van der Waals surface area contributed by atoms with Gasteiger partial charge >= 0.3 is 5.97 Å². The van der Waals surface area contributed by atoms with Gasteiger partial charge in [0.05, 0.1) is 18.6 Å². The zero-order valence-electron chi connectivity index (χ0n) is 37.2. The maximum Gasteiger partial charge on any atom is 0.305 e. The van der Waals surface area contributed by atoms with Crippen LogP contribution in [0.25, 0.3) is 0 Å². The van der Waals surface area contributed by atoms with Gasteiger partial charge in [0.25, 0.3) is 0 Å². The molecule has 5 atom stereocenters. The highest BCUT2D eigenvalue weighted by Crippen LogP contribution is 2.49. The van der Waals surface area contributed by atoms with Crippen molar-refractivity contribution in [2.24, 2.45) is 11.8 Å². The first-order valence-electron chi connectivity index (χ1n) is 20.9. The zero-order valence-corrected chi connectivity index (χ0v) is 40.2. The Labute approximate surface area is 334 Å². The van der Waals surface area contributed by atoms with Gasteiger partial charge in [-0.3, -0.25) is 9.59 Å². The topological polar surface area (TPSA) is 94.1 Å². The molecule has 1 aromatic rings. The molecule has 10 heteroatoms. The highest BCUT2D eigenvalue weighted by atomic mass is 28.4. The summed E-state index contributed by atoms with van der Waals surface area (Å²) in [6, 6.07) is 10.8. The van der Waals surface area contributed by atoms with E-state index in [4.69, 9.17) is 18.4 Å². The van der Waals surface area contributed by atoms with Crippen LogP contribution in [0.5, 0.6) is 0 Å². The summed E-state index contributed by atoms with van der Waals surface area (Å²) in [4.78, 5) is 23.0. The fraction of sp³-hybridized carbons (Fsp3) is 0.773. The summed E-state index contributed by atoms with van der Waals surface area (Å²) in [7, 11) is -6.16. The predicted molar refractivity (Wildman–Crippen MR) is 235 cm³/mol. The molecule has 0 heterocycles. The summed E-state index contributed by atoms with van der Waals surface area (Å²) in [6.07, 6.45) is 12.8. The Morgan fingerprint density at radius 1 is 0.778 bits per heavy atom. The minimum atomic E-state index is -2.08. The van der Waals surface area contributed by atoms with Gasteiger partial charge in [-0.1, -0.05) is 105 Å². The number of hydrogen-bond acceptors (Lipinski definition) is 5. The van der Waals surface area contributed by atoms with Gasteiger partial charge in [0.1, 0.15) is 0 Å². The number of unbranched alkanes of at least 4 members (excludes halogenated alkanes) is 1. The van der Waals surface area contributed by atoms with Crippen LogP contribution >= 0.6 is 0 Å². The number of carboxylic acids is 1. The van der Waals surface area contributed by atoms with Crippen LogP contribution in [0.4, 0.5) is 0 Å². The van der Waals surface area contributed by atoms with E-state index in [1.54, 1.807) is 0 Å².